The van der Waals surface area contributed by atoms with Crippen molar-refractivity contribution < 1.29 is 39.2 Å². The van der Waals surface area contributed by atoms with E-state index in [1.807, 2.05) is 6.92 Å². The quantitative estimate of drug-likeness (QED) is 0.361. The summed E-state index contributed by atoms with van der Waals surface area (Å²) in [5.74, 6) is -4.43. The van der Waals surface area contributed by atoms with Gasteiger partial charge in [-0.15, -0.1) is 0 Å². The first-order valence-corrected chi connectivity index (χ1v) is 12.8. The van der Waals surface area contributed by atoms with Crippen molar-refractivity contribution in [1.82, 2.24) is 5.32 Å². The van der Waals surface area contributed by atoms with Gasteiger partial charge in [-0.3, -0.25) is 14.4 Å². The van der Waals surface area contributed by atoms with E-state index < -0.39 is 45.7 Å². The number of carbonyl (C=O) groups is 3. The molecule has 4 aliphatic rings. The van der Waals surface area contributed by atoms with Crippen LogP contribution in [0, 0.1) is 18.3 Å². The normalized spacial score (nSPS) is 32.8. The van der Waals surface area contributed by atoms with Crippen LogP contribution < -0.4 is 11.1 Å². The summed E-state index contributed by atoms with van der Waals surface area (Å²) in [4.78, 5) is 39.0. The number of primary amides is 1. The van der Waals surface area contributed by atoms with Crippen molar-refractivity contribution in [3.05, 3.63) is 45.2 Å². The van der Waals surface area contributed by atoms with Crippen LogP contribution in [-0.4, -0.2) is 64.3 Å². The monoisotopic (exact) mass is 526 g/mol. The van der Waals surface area contributed by atoms with E-state index in [1.54, 1.807) is 13.0 Å². The molecule has 1 amide bonds. The Morgan fingerprint density at radius 2 is 1.97 bits per heavy atom. The van der Waals surface area contributed by atoms with E-state index in [0.29, 0.717) is 26.2 Å². The molecule has 1 aromatic rings. The van der Waals surface area contributed by atoms with Crippen molar-refractivity contribution >= 4 is 23.2 Å². The molecule has 1 aromatic carbocycles. The maximum Gasteiger partial charge on any atom is 0.255 e. The Hall–Kier alpha value is -3.21. The number of fused-ring (bicyclic) bond motifs is 3. The Labute approximate surface area is 220 Å². The van der Waals surface area contributed by atoms with Crippen molar-refractivity contribution in [2.24, 2.45) is 17.1 Å². The molecule has 3 aliphatic carbocycles. The number of benzene rings is 1. The van der Waals surface area contributed by atoms with Gasteiger partial charge < -0.3 is 35.8 Å². The molecule has 5 rings (SSSR count). The molecular weight excluding hydrogens is 492 g/mol. The third-order valence-electron chi connectivity index (χ3n) is 9.14. The summed E-state index contributed by atoms with van der Waals surface area (Å²) < 4.78 is 11.2. The van der Waals surface area contributed by atoms with E-state index >= 15 is 0 Å². The van der Waals surface area contributed by atoms with Gasteiger partial charge in [-0.1, -0.05) is 6.92 Å². The minimum Gasteiger partial charge on any atom is -0.508 e. The lowest BCUT2D eigenvalue weighted by Crippen LogP contribution is -2.64. The minimum absolute atomic E-state index is 0.00210. The number of Topliss-reactive ketones (excluding diaryl/α,β-unsaturated/α-hetero) is 2. The van der Waals surface area contributed by atoms with Gasteiger partial charge in [-0.2, -0.15) is 0 Å². The topological polar surface area (TPSA) is 168 Å². The molecule has 10 heteroatoms. The number of nitrogens with two attached hydrogens (primary N) is 1. The summed E-state index contributed by atoms with van der Waals surface area (Å²) in [5, 5.41) is 37.1. The van der Waals surface area contributed by atoms with Crippen LogP contribution in [0.2, 0.25) is 0 Å². The maximum atomic E-state index is 14.1. The predicted molar refractivity (Wildman–Crippen MR) is 136 cm³/mol. The number of phenolic OH excluding ortho intramolecular Hbond substituents is 1. The Kier molecular flexibility index (Phi) is 6.01. The molecular formula is C28H34N2O8. The first kappa shape index (κ1) is 26.4. The van der Waals surface area contributed by atoms with E-state index in [0.717, 1.165) is 23.1 Å². The van der Waals surface area contributed by atoms with Gasteiger partial charge in [0, 0.05) is 43.2 Å². The number of hydrogen-bond donors (Lipinski definition) is 5. The highest BCUT2D eigenvalue weighted by atomic mass is 16.5. The number of methoxy groups -OCH3 is 1. The molecule has 0 spiro atoms. The number of ether oxygens (including phenoxy) is 2. The fourth-order valence-electron chi connectivity index (χ4n) is 7.03. The van der Waals surface area contributed by atoms with E-state index in [1.165, 1.54) is 7.11 Å². The highest BCUT2D eigenvalue weighted by molar-refractivity contribution is 6.23. The summed E-state index contributed by atoms with van der Waals surface area (Å²) in [6, 6.07) is 1.59. The number of rotatable bonds is 5. The Balaban J connectivity index is 1.62. The van der Waals surface area contributed by atoms with Gasteiger partial charge in [0.15, 0.2) is 11.4 Å². The lowest BCUT2D eigenvalue weighted by Gasteiger charge is -2.54. The number of ketones is 2. The smallest absolute Gasteiger partial charge is 0.255 e. The van der Waals surface area contributed by atoms with Gasteiger partial charge in [0.2, 0.25) is 5.78 Å². The minimum atomic E-state index is -2.07. The SMILES string of the molecule is COC12C(=O)C3=C(O)c4c(O)cc(CNC5(C)CCOC5)c(C)c4CC3CC1(C)CC(=O)C(C(N)=O)=C2O. The Morgan fingerprint density at radius 3 is 2.58 bits per heavy atom. The fraction of sp³-hybridized carbons (Fsp3) is 0.536. The van der Waals surface area contributed by atoms with Crippen molar-refractivity contribution in [2.45, 2.75) is 64.1 Å². The number of hydrogen-bond acceptors (Lipinski definition) is 9. The zero-order valence-electron chi connectivity index (χ0n) is 22.1. The van der Waals surface area contributed by atoms with Crippen molar-refractivity contribution in [3.63, 3.8) is 0 Å². The molecule has 4 atom stereocenters. The molecule has 38 heavy (non-hydrogen) atoms. The average Bonchev–Trinajstić information content (AvgIpc) is 3.26. The van der Waals surface area contributed by atoms with Crippen LogP contribution >= 0.6 is 0 Å². The summed E-state index contributed by atoms with van der Waals surface area (Å²) >= 11 is 0. The summed E-state index contributed by atoms with van der Waals surface area (Å²) in [6.07, 6.45) is 1.19. The third kappa shape index (κ3) is 3.47. The van der Waals surface area contributed by atoms with Gasteiger partial charge >= 0.3 is 0 Å². The highest BCUT2D eigenvalue weighted by Gasteiger charge is 2.67. The van der Waals surface area contributed by atoms with Crippen LogP contribution in [0.15, 0.2) is 23.0 Å². The molecule has 0 aromatic heterocycles. The molecule has 10 nitrogen and oxygen atoms in total. The second-order valence-corrected chi connectivity index (χ2v) is 11.6. The van der Waals surface area contributed by atoms with Crippen LogP contribution in [0.1, 0.15) is 55.4 Å². The second kappa shape index (κ2) is 8.65. The lowest BCUT2D eigenvalue weighted by atomic mass is 9.51. The van der Waals surface area contributed by atoms with Crippen LogP contribution in [0.25, 0.3) is 5.76 Å². The number of nitrogens with one attached hydrogen (secondary N) is 1. The molecule has 0 bridgehead atoms. The number of phenols is 1. The molecule has 1 heterocycles. The molecule has 4 unspecified atom stereocenters. The Bertz CT molecular complexity index is 1340. The molecule has 1 saturated carbocycles. The standard InChI is InChI=1S/C28H34N2O8/c1-13-15(11-30-27(3)5-6-38-12-27)8-17(31)20-16(13)7-14-9-26(2)10-18(32)21(25(29)36)24(35)28(26,37-4)23(34)19(14)22(20)33/h8,14,30-31,33,35H,5-7,9-12H2,1-4H3,(H2,29,36). The number of aromatic hydroxyl groups is 1. The molecule has 204 valence electrons. The first-order valence-electron chi connectivity index (χ1n) is 12.8. The van der Waals surface area contributed by atoms with Gasteiger partial charge in [-0.25, -0.2) is 0 Å². The van der Waals surface area contributed by atoms with Crippen molar-refractivity contribution in [1.29, 1.82) is 0 Å². The zero-order valence-corrected chi connectivity index (χ0v) is 22.1. The average molecular weight is 527 g/mol. The molecule has 6 N–H and O–H groups in total. The third-order valence-corrected chi connectivity index (χ3v) is 9.14. The lowest BCUT2D eigenvalue weighted by molar-refractivity contribution is -0.168. The largest absolute Gasteiger partial charge is 0.508 e. The van der Waals surface area contributed by atoms with Gasteiger partial charge in [0.1, 0.15) is 22.8 Å². The number of amides is 1. The van der Waals surface area contributed by atoms with Crippen LogP contribution in [-0.2, 0) is 36.8 Å². The second-order valence-electron chi connectivity index (χ2n) is 11.6. The summed E-state index contributed by atoms with van der Waals surface area (Å²) in [6.45, 7) is 7.44. The van der Waals surface area contributed by atoms with Gasteiger partial charge in [-0.05, 0) is 61.8 Å². The summed E-state index contributed by atoms with van der Waals surface area (Å²) in [7, 11) is 1.21. The van der Waals surface area contributed by atoms with Crippen LogP contribution in [0.3, 0.4) is 0 Å². The number of aliphatic hydroxyl groups is 2. The molecule has 0 radical (unpaired) electrons. The Morgan fingerprint density at radius 1 is 1.26 bits per heavy atom. The van der Waals surface area contributed by atoms with Crippen LogP contribution in [0.5, 0.6) is 5.75 Å². The molecule has 1 saturated heterocycles. The van der Waals surface area contributed by atoms with E-state index in [2.05, 4.69) is 12.2 Å². The summed E-state index contributed by atoms with van der Waals surface area (Å²) in [5.41, 5.74) is 3.90. The van der Waals surface area contributed by atoms with E-state index in [-0.39, 0.29) is 41.0 Å². The maximum absolute atomic E-state index is 14.1. The highest BCUT2D eigenvalue weighted by Crippen LogP contribution is 2.59. The van der Waals surface area contributed by atoms with E-state index in [4.69, 9.17) is 15.2 Å². The van der Waals surface area contributed by atoms with Crippen LogP contribution in [0.4, 0.5) is 0 Å². The molecule has 1 aliphatic heterocycles. The van der Waals surface area contributed by atoms with Gasteiger partial charge in [0.25, 0.3) is 5.91 Å². The van der Waals surface area contributed by atoms with Crippen molar-refractivity contribution in [2.75, 3.05) is 20.3 Å². The van der Waals surface area contributed by atoms with Gasteiger partial charge in [0.05, 0.1) is 12.2 Å². The predicted octanol–water partition coefficient (Wildman–Crippen LogP) is 2.05. The number of aliphatic hydroxyl groups excluding tert-OH is 2. The fourth-order valence-corrected chi connectivity index (χ4v) is 7.03. The zero-order chi connectivity index (χ0) is 27.8. The van der Waals surface area contributed by atoms with E-state index in [9.17, 15) is 29.7 Å². The first-order chi connectivity index (χ1) is 17.8. The molecule has 2 fully saturated rings. The number of carbonyl (C=O) groups excluding carboxylic acids is 3. The van der Waals surface area contributed by atoms with Crippen molar-refractivity contribution in [3.8, 4) is 5.75 Å².